The molecule has 1 atom stereocenters. The normalized spacial score (nSPS) is 16.5. The van der Waals surface area contributed by atoms with E-state index < -0.39 is 0 Å². The lowest BCUT2D eigenvalue weighted by molar-refractivity contribution is -0.122. The summed E-state index contributed by atoms with van der Waals surface area (Å²) in [6.45, 7) is 2.94. The van der Waals surface area contributed by atoms with Gasteiger partial charge in [0.05, 0.1) is 6.04 Å². The van der Waals surface area contributed by atoms with Crippen molar-refractivity contribution in [3.8, 4) is 0 Å². The molecule has 0 fully saturated rings. The number of carbonyl (C=O) groups excluding carboxylic acids is 2. The molecule has 1 N–H and O–H groups in total. The maximum Gasteiger partial charge on any atom is 0.223 e. The summed E-state index contributed by atoms with van der Waals surface area (Å²) in [4.78, 5) is 25.8. The highest BCUT2D eigenvalue weighted by molar-refractivity contribution is 5.93. The highest BCUT2D eigenvalue weighted by Crippen LogP contribution is 2.33. The van der Waals surface area contributed by atoms with Crippen LogP contribution in [0.1, 0.15) is 37.8 Å². The first-order chi connectivity index (χ1) is 11.6. The van der Waals surface area contributed by atoms with Gasteiger partial charge in [0.15, 0.2) is 0 Å². The van der Waals surface area contributed by atoms with Crippen molar-refractivity contribution in [2.24, 2.45) is 0 Å². The molecule has 2 heterocycles. The quantitative estimate of drug-likeness (QED) is 0.916. The van der Waals surface area contributed by atoms with Gasteiger partial charge in [-0.25, -0.2) is 0 Å². The first kappa shape index (κ1) is 16.2. The third-order valence-corrected chi connectivity index (χ3v) is 4.31. The van der Waals surface area contributed by atoms with Gasteiger partial charge in [0.2, 0.25) is 11.8 Å². The van der Waals surface area contributed by atoms with Gasteiger partial charge in [-0.05, 0) is 30.5 Å². The third kappa shape index (κ3) is 3.64. The molecular formula is C18H22N4O2. The molecule has 2 aromatic rings. The second-order valence-electron chi connectivity index (χ2n) is 6.01. The number of rotatable bonds is 5. The molecular weight excluding hydrogens is 304 g/mol. The molecule has 0 spiro atoms. The Morgan fingerprint density at radius 2 is 2.12 bits per heavy atom. The van der Waals surface area contributed by atoms with Crippen LogP contribution in [-0.2, 0) is 16.1 Å². The zero-order valence-electron chi connectivity index (χ0n) is 13.8. The predicted octanol–water partition coefficient (Wildman–Crippen LogP) is 2.28. The minimum absolute atomic E-state index is 0.0333. The first-order valence-corrected chi connectivity index (χ1v) is 8.29. The Kier molecular flexibility index (Phi) is 4.93. The van der Waals surface area contributed by atoms with Gasteiger partial charge in [0, 0.05) is 44.5 Å². The summed E-state index contributed by atoms with van der Waals surface area (Å²) in [5, 5.41) is 7.24. The van der Waals surface area contributed by atoms with Gasteiger partial charge < -0.3 is 10.2 Å². The topological polar surface area (TPSA) is 67.2 Å². The third-order valence-electron chi connectivity index (χ3n) is 4.31. The van der Waals surface area contributed by atoms with E-state index in [1.165, 1.54) is 0 Å². The SMILES string of the molecule is CC(=O)N1CCC(NC(=O)CCCn2cccn2)c2ccccc21. The molecule has 1 aromatic carbocycles. The Hall–Kier alpha value is -2.63. The van der Waals surface area contributed by atoms with Crippen molar-refractivity contribution in [3.05, 3.63) is 48.3 Å². The van der Waals surface area contributed by atoms with Crippen LogP contribution in [0, 0.1) is 0 Å². The van der Waals surface area contributed by atoms with E-state index in [0.29, 0.717) is 13.0 Å². The number of hydrogen-bond donors (Lipinski definition) is 1. The number of hydrogen-bond acceptors (Lipinski definition) is 3. The second kappa shape index (κ2) is 7.29. The Bertz CT molecular complexity index is 712. The smallest absolute Gasteiger partial charge is 0.223 e. The van der Waals surface area contributed by atoms with E-state index >= 15 is 0 Å². The van der Waals surface area contributed by atoms with Crippen LogP contribution in [0.3, 0.4) is 0 Å². The highest BCUT2D eigenvalue weighted by Gasteiger charge is 2.27. The van der Waals surface area contributed by atoms with Gasteiger partial charge in [-0.1, -0.05) is 18.2 Å². The number of nitrogens with zero attached hydrogens (tertiary/aromatic N) is 3. The van der Waals surface area contributed by atoms with Crippen molar-refractivity contribution in [2.75, 3.05) is 11.4 Å². The van der Waals surface area contributed by atoms with E-state index in [0.717, 1.165) is 30.6 Å². The molecule has 1 aromatic heterocycles. The van der Waals surface area contributed by atoms with Crippen molar-refractivity contribution in [2.45, 2.75) is 38.8 Å². The van der Waals surface area contributed by atoms with Crippen molar-refractivity contribution in [1.29, 1.82) is 0 Å². The molecule has 1 aliphatic heterocycles. The van der Waals surface area contributed by atoms with Crippen LogP contribution in [-0.4, -0.2) is 28.1 Å². The number of aryl methyl sites for hydroxylation is 1. The van der Waals surface area contributed by atoms with Gasteiger partial charge in [-0.3, -0.25) is 14.3 Å². The lowest BCUT2D eigenvalue weighted by Crippen LogP contribution is -2.40. The molecule has 1 aliphatic rings. The van der Waals surface area contributed by atoms with E-state index in [1.807, 2.05) is 41.2 Å². The molecule has 24 heavy (non-hydrogen) atoms. The number of para-hydroxylation sites is 1. The Morgan fingerprint density at radius 3 is 2.88 bits per heavy atom. The number of benzene rings is 1. The first-order valence-electron chi connectivity index (χ1n) is 8.29. The van der Waals surface area contributed by atoms with E-state index in [1.54, 1.807) is 18.0 Å². The fourth-order valence-electron chi connectivity index (χ4n) is 3.14. The largest absolute Gasteiger partial charge is 0.349 e. The molecule has 0 saturated heterocycles. The summed E-state index contributed by atoms with van der Waals surface area (Å²) >= 11 is 0. The molecule has 3 rings (SSSR count). The lowest BCUT2D eigenvalue weighted by atomic mass is 9.96. The summed E-state index contributed by atoms with van der Waals surface area (Å²) in [5.74, 6) is 0.0738. The zero-order valence-corrected chi connectivity index (χ0v) is 13.8. The van der Waals surface area contributed by atoms with Crippen molar-refractivity contribution < 1.29 is 9.59 Å². The number of fused-ring (bicyclic) bond motifs is 1. The standard InChI is InChI=1S/C18H22N4O2/c1-14(23)22-13-9-16(15-6-2-3-7-17(15)22)20-18(24)8-4-11-21-12-5-10-19-21/h2-3,5-7,10,12,16H,4,8-9,11,13H2,1H3,(H,20,24). The van der Waals surface area contributed by atoms with Crippen molar-refractivity contribution >= 4 is 17.5 Å². The molecule has 6 heteroatoms. The Balaban J connectivity index is 1.59. The van der Waals surface area contributed by atoms with Gasteiger partial charge in [0.25, 0.3) is 0 Å². The average Bonchev–Trinajstić information content (AvgIpc) is 3.08. The molecule has 0 aliphatic carbocycles. The summed E-state index contributed by atoms with van der Waals surface area (Å²) in [7, 11) is 0. The average molecular weight is 326 g/mol. The lowest BCUT2D eigenvalue weighted by Gasteiger charge is -2.34. The summed E-state index contributed by atoms with van der Waals surface area (Å²) in [5.41, 5.74) is 1.91. The van der Waals surface area contributed by atoms with Crippen LogP contribution in [0.15, 0.2) is 42.7 Å². The van der Waals surface area contributed by atoms with E-state index in [9.17, 15) is 9.59 Å². The van der Waals surface area contributed by atoms with E-state index in [2.05, 4.69) is 10.4 Å². The fourth-order valence-corrected chi connectivity index (χ4v) is 3.14. The monoisotopic (exact) mass is 326 g/mol. The molecule has 126 valence electrons. The van der Waals surface area contributed by atoms with Crippen molar-refractivity contribution in [3.63, 3.8) is 0 Å². The maximum absolute atomic E-state index is 12.2. The minimum atomic E-state index is -0.0333. The fraction of sp³-hybridized carbons (Fsp3) is 0.389. The number of amides is 2. The van der Waals surface area contributed by atoms with Crippen molar-refractivity contribution in [1.82, 2.24) is 15.1 Å². The van der Waals surface area contributed by atoms with Crippen LogP contribution in [0.4, 0.5) is 5.69 Å². The Morgan fingerprint density at radius 1 is 1.29 bits per heavy atom. The summed E-state index contributed by atoms with van der Waals surface area (Å²) in [6.07, 6.45) is 5.59. The molecule has 0 saturated carbocycles. The van der Waals surface area contributed by atoms with Gasteiger partial charge in [0.1, 0.15) is 0 Å². The predicted molar refractivity (Wildman–Crippen MR) is 91.4 cm³/mol. The van der Waals surface area contributed by atoms with Crippen LogP contribution in [0.2, 0.25) is 0 Å². The maximum atomic E-state index is 12.2. The van der Waals surface area contributed by atoms with Crippen LogP contribution in [0.5, 0.6) is 0 Å². The zero-order chi connectivity index (χ0) is 16.9. The number of carbonyl (C=O) groups is 2. The van der Waals surface area contributed by atoms with Crippen LogP contribution < -0.4 is 10.2 Å². The summed E-state index contributed by atoms with van der Waals surface area (Å²) < 4.78 is 1.83. The molecule has 1 unspecified atom stereocenters. The van der Waals surface area contributed by atoms with E-state index in [4.69, 9.17) is 0 Å². The Labute approximate surface area is 141 Å². The molecule has 0 bridgehead atoms. The van der Waals surface area contributed by atoms with Crippen LogP contribution >= 0.6 is 0 Å². The molecule has 6 nitrogen and oxygen atoms in total. The number of anilines is 1. The minimum Gasteiger partial charge on any atom is -0.349 e. The number of aromatic nitrogens is 2. The van der Waals surface area contributed by atoms with Gasteiger partial charge in [-0.2, -0.15) is 5.10 Å². The van der Waals surface area contributed by atoms with E-state index in [-0.39, 0.29) is 17.9 Å². The highest BCUT2D eigenvalue weighted by atomic mass is 16.2. The second-order valence-corrected chi connectivity index (χ2v) is 6.01. The van der Waals surface area contributed by atoms with Crippen LogP contribution in [0.25, 0.3) is 0 Å². The van der Waals surface area contributed by atoms with Gasteiger partial charge >= 0.3 is 0 Å². The summed E-state index contributed by atoms with van der Waals surface area (Å²) in [6, 6.07) is 9.63. The molecule has 0 radical (unpaired) electrons. The number of nitrogens with one attached hydrogen (secondary N) is 1. The van der Waals surface area contributed by atoms with Gasteiger partial charge in [-0.15, -0.1) is 0 Å². The molecule has 2 amide bonds.